The molecule has 158 valence electrons. The number of fused-ring (bicyclic) bond motifs is 1. The highest BCUT2D eigenvalue weighted by Crippen LogP contribution is 2.33. The van der Waals surface area contributed by atoms with Gasteiger partial charge in [-0.3, -0.25) is 0 Å². The summed E-state index contributed by atoms with van der Waals surface area (Å²) in [6.45, 7) is 0. The van der Waals surface area contributed by atoms with Crippen molar-refractivity contribution in [2.45, 2.75) is 37.8 Å². The first-order valence-electron chi connectivity index (χ1n) is 9.90. The molecule has 1 saturated carbocycles. The number of nitrogens with zero attached hydrogens (tertiary/aromatic N) is 3. The maximum absolute atomic E-state index is 10.8. The molecular weight excluding hydrogens is 386 g/mol. The number of hydrogen-bond acceptors (Lipinski definition) is 6. The fourth-order valence-electron chi connectivity index (χ4n) is 3.92. The van der Waals surface area contributed by atoms with Crippen LogP contribution in [-0.2, 0) is 0 Å². The van der Waals surface area contributed by atoms with Gasteiger partial charge in [0.15, 0.2) is 17.1 Å². The molecule has 0 spiro atoms. The maximum atomic E-state index is 10.8. The molecule has 30 heavy (non-hydrogen) atoms. The van der Waals surface area contributed by atoms with E-state index in [1.54, 1.807) is 24.9 Å². The average Bonchev–Trinajstić information content (AvgIpc) is 3.17. The highest BCUT2D eigenvalue weighted by atomic mass is 16.5. The molecule has 4 rings (SSSR count). The monoisotopic (exact) mass is 411 g/mol. The number of rotatable bonds is 6. The summed E-state index contributed by atoms with van der Waals surface area (Å²) in [5.74, 6) is 2.09. The van der Waals surface area contributed by atoms with Gasteiger partial charge in [0.25, 0.3) is 0 Å². The molecule has 3 N–H and O–H groups in total. The quantitative estimate of drug-likeness (QED) is 0.570. The first-order chi connectivity index (χ1) is 14.6. The molecule has 0 saturated heterocycles. The summed E-state index contributed by atoms with van der Waals surface area (Å²) in [4.78, 5) is 15.6. The van der Waals surface area contributed by atoms with E-state index in [0.717, 1.165) is 48.3 Å². The van der Waals surface area contributed by atoms with Crippen LogP contribution in [0.3, 0.4) is 0 Å². The van der Waals surface area contributed by atoms with Crippen LogP contribution >= 0.6 is 0 Å². The van der Waals surface area contributed by atoms with E-state index in [4.69, 9.17) is 19.6 Å². The van der Waals surface area contributed by atoms with Gasteiger partial charge < -0.3 is 25.2 Å². The molecule has 0 unspecified atom stereocenters. The van der Waals surface area contributed by atoms with Gasteiger partial charge in [-0.05, 0) is 49.4 Å². The number of carboxylic acid groups (broad SMARTS) is 1. The van der Waals surface area contributed by atoms with Gasteiger partial charge in [-0.2, -0.15) is 5.10 Å². The molecule has 2 heterocycles. The fourth-order valence-corrected chi connectivity index (χ4v) is 3.92. The van der Waals surface area contributed by atoms with Crippen LogP contribution in [0.1, 0.15) is 25.7 Å². The van der Waals surface area contributed by atoms with Crippen molar-refractivity contribution in [2.75, 3.05) is 19.5 Å². The van der Waals surface area contributed by atoms with E-state index in [9.17, 15) is 4.79 Å². The third-order valence-electron chi connectivity index (χ3n) is 5.47. The van der Waals surface area contributed by atoms with Crippen LogP contribution in [-0.4, -0.2) is 52.1 Å². The van der Waals surface area contributed by atoms with Gasteiger partial charge in [0.1, 0.15) is 5.82 Å². The van der Waals surface area contributed by atoms with Gasteiger partial charge in [-0.1, -0.05) is 6.07 Å². The zero-order chi connectivity index (χ0) is 21.1. The lowest BCUT2D eigenvalue weighted by Crippen LogP contribution is -2.39. The second-order valence-electron chi connectivity index (χ2n) is 7.35. The number of methoxy groups -OCH3 is 2. The van der Waals surface area contributed by atoms with Crippen LogP contribution in [0.4, 0.5) is 10.6 Å². The van der Waals surface area contributed by atoms with E-state index < -0.39 is 6.09 Å². The Kier molecular flexibility index (Phi) is 5.60. The Labute approximate surface area is 174 Å². The Bertz CT molecular complexity index is 1040. The van der Waals surface area contributed by atoms with Crippen LogP contribution in [0.2, 0.25) is 0 Å². The molecule has 9 nitrogen and oxygen atoms in total. The molecule has 1 aliphatic carbocycles. The van der Waals surface area contributed by atoms with Gasteiger partial charge in [0, 0.05) is 23.8 Å². The van der Waals surface area contributed by atoms with Crippen molar-refractivity contribution in [3.8, 4) is 22.6 Å². The summed E-state index contributed by atoms with van der Waals surface area (Å²) < 4.78 is 12.5. The molecule has 0 bridgehead atoms. The summed E-state index contributed by atoms with van der Waals surface area (Å²) in [7, 11) is 3.22. The van der Waals surface area contributed by atoms with Crippen LogP contribution in [0.15, 0.2) is 36.7 Å². The molecule has 2 aromatic heterocycles. The summed E-state index contributed by atoms with van der Waals surface area (Å²) in [5, 5.41) is 19.3. The lowest BCUT2D eigenvalue weighted by molar-refractivity contribution is 0.185. The van der Waals surface area contributed by atoms with Crippen LogP contribution < -0.4 is 20.1 Å². The first kappa shape index (κ1) is 19.8. The van der Waals surface area contributed by atoms with Gasteiger partial charge in [-0.25, -0.2) is 14.3 Å². The normalized spacial score (nSPS) is 18.7. The van der Waals surface area contributed by atoms with Gasteiger partial charge in [-0.15, -0.1) is 0 Å². The number of amides is 1. The van der Waals surface area contributed by atoms with E-state index in [1.807, 2.05) is 30.5 Å². The summed E-state index contributed by atoms with van der Waals surface area (Å²) in [5.41, 5.74) is 2.58. The summed E-state index contributed by atoms with van der Waals surface area (Å²) >= 11 is 0. The van der Waals surface area contributed by atoms with E-state index in [-0.39, 0.29) is 12.1 Å². The third kappa shape index (κ3) is 4.10. The van der Waals surface area contributed by atoms with Crippen molar-refractivity contribution < 1.29 is 19.4 Å². The van der Waals surface area contributed by atoms with Crippen molar-refractivity contribution in [1.29, 1.82) is 0 Å². The van der Waals surface area contributed by atoms with Crippen molar-refractivity contribution in [3.05, 3.63) is 36.7 Å². The molecule has 1 amide bonds. The van der Waals surface area contributed by atoms with Crippen molar-refractivity contribution in [2.24, 2.45) is 0 Å². The van der Waals surface area contributed by atoms with Gasteiger partial charge in [0.05, 0.1) is 20.4 Å². The molecule has 9 heteroatoms. The fraction of sp³-hybridized carbons (Fsp3) is 0.381. The predicted octanol–water partition coefficient (Wildman–Crippen LogP) is 3.40. The summed E-state index contributed by atoms with van der Waals surface area (Å²) in [6.07, 6.45) is 6.12. The number of anilines is 1. The lowest BCUT2D eigenvalue weighted by Gasteiger charge is -2.29. The zero-order valence-electron chi connectivity index (χ0n) is 17.0. The molecule has 1 aromatic carbocycles. The lowest BCUT2D eigenvalue weighted by atomic mass is 9.91. The second kappa shape index (κ2) is 8.48. The SMILES string of the molecule is COc1ccc(-c2cnn3ccc(N[C@H]4CC[C@H](NC(=O)O)CC4)nc23)cc1OC. The van der Waals surface area contributed by atoms with Gasteiger partial charge >= 0.3 is 6.09 Å². The zero-order valence-corrected chi connectivity index (χ0v) is 17.0. The molecule has 1 aliphatic rings. The third-order valence-corrected chi connectivity index (χ3v) is 5.47. The number of aromatic nitrogens is 3. The van der Waals surface area contributed by atoms with Crippen molar-refractivity contribution in [3.63, 3.8) is 0 Å². The summed E-state index contributed by atoms with van der Waals surface area (Å²) in [6, 6.07) is 7.93. The second-order valence-corrected chi connectivity index (χ2v) is 7.35. The number of hydrogen-bond donors (Lipinski definition) is 3. The molecule has 0 radical (unpaired) electrons. The Balaban J connectivity index is 1.53. The Morgan fingerprint density at radius 3 is 2.53 bits per heavy atom. The molecule has 0 atom stereocenters. The average molecular weight is 411 g/mol. The first-order valence-corrected chi connectivity index (χ1v) is 9.90. The number of benzene rings is 1. The van der Waals surface area contributed by atoms with Crippen LogP contribution in [0.5, 0.6) is 11.5 Å². The number of ether oxygens (including phenoxy) is 2. The molecule has 0 aliphatic heterocycles. The topological polar surface area (TPSA) is 110 Å². The number of nitrogens with one attached hydrogen (secondary N) is 2. The molecule has 3 aromatic rings. The van der Waals surface area contributed by atoms with Crippen molar-refractivity contribution in [1.82, 2.24) is 19.9 Å². The minimum Gasteiger partial charge on any atom is -0.493 e. The highest BCUT2D eigenvalue weighted by Gasteiger charge is 2.22. The van der Waals surface area contributed by atoms with E-state index in [1.165, 1.54) is 0 Å². The largest absolute Gasteiger partial charge is 0.493 e. The Hall–Kier alpha value is -3.49. The van der Waals surface area contributed by atoms with E-state index >= 15 is 0 Å². The van der Waals surface area contributed by atoms with E-state index in [2.05, 4.69) is 15.7 Å². The van der Waals surface area contributed by atoms with E-state index in [0.29, 0.717) is 11.5 Å². The highest BCUT2D eigenvalue weighted by molar-refractivity contribution is 5.79. The maximum Gasteiger partial charge on any atom is 0.404 e. The van der Waals surface area contributed by atoms with Crippen molar-refractivity contribution >= 4 is 17.6 Å². The molecular formula is C21H25N5O4. The Morgan fingerprint density at radius 2 is 1.83 bits per heavy atom. The minimum absolute atomic E-state index is 0.0301. The standard InChI is InChI=1S/C21H25N5O4/c1-29-17-8-3-13(11-18(17)30-2)16-12-22-26-10-9-19(25-20(16)26)23-14-4-6-15(7-5-14)24-21(27)28/h3,8-12,14-15,24H,4-7H2,1-2H3,(H,23,25)(H,27,28)/t14-,15-. The smallest absolute Gasteiger partial charge is 0.404 e. The van der Waals surface area contributed by atoms with Crippen LogP contribution in [0.25, 0.3) is 16.8 Å². The Morgan fingerprint density at radius 1 is 1.10 bits per heavy atom. The predicted molar refractivity (Wildman–Crippen MR) is 112 cm³/mol. The minimum atomic E-state index is -0.957. The van der Waals surface area contributed by atoms with Gasteiger partial charge in [0.2, 0.25) is 0 Å². The number of carbonyl (C=O) groups is 1. The van der Waals surface area contributed by atoms with Crippen LogP contribution in [0, 0.1) is 0 Å². The molecule has 1 fully saturated rings.